The van der Waals surface area contributed by atoms with Crippen molar-refractivity contribution in [1.29, 1.82) is 0 Å². The number of anilines is 4. The second-order valence-electron chi connectivity index (χ2n) is 20.1. The zero-order valence-electron chi connectivity index (χ0n) is 43.5. The lowest BCUT2D eigenvalue weighted by Gasteiger charge is -2.47. The summed E-state index contributed by atoms with van der Waals surface area (Å²) in [6.45, 7) is 15.4. The number of hydrogen-bond acceptors (Lipinski definition) is 17. The van der Waals surface area contributed by atoms with E-state index < -0.39 is 17.2 Å². The number of carbonyl (C=O) groups is 2. The van der Waals surface area contributed by atoms with Crippen molar-refractivity contribution >= 4 is 79.8 Å². The summed E-state index contributed by atoms with van der Waals surface area (Å²) in [4.78, 5) is 47.9. The number of benzene rings is 2. The fraction of sp³-hybridized carbons (Fsp3) is 0.382. The molecule has 23 heteroatoms. The molecule has 0 unspecified atom stereocenters. The number of nitrogens with one attached hydrogen (secondary N) is 4. The van der Waals surface area contributed by atoms with Crippen molar-refractivity contribution < 1.29 is 51.5 Å². The first-order chi connectivity index (χ1) is 37.6. The molecule has 0 aliphatic carbocycles. The van der Waals surface area contributed by atoms with Gasteiger partial charge in [0, 0.05) is 77.8 Å². The predicted octanol–water partition coefficient (Wildman–Crippen LogP) is 7.61. The third-order valence-electron chi connectivity index (χ3n) is 14.1. The lowest BCUT2D eigenvalue weighted by atomic mass is 9.84. The van der Waals surface area contributed by atoms with Gasteiger partial charge in [-0.15, -0.1) is 0 Å². The molecule has 0 radical (unpaired) electrons. The SMILES string of the molecule is C=CC(=O)N[C@H]1COC[C@H]1Nc1cc2c(N3CC(OCCOc4cc(OC)c(Cl)c(-c5cc6cnc(N[C@@H]7COC[C@@H]7NC(=O)C=C)cc6c(N6CC(C)(C)C6)n5)c4Cl)C3)nc(-c3c(F)c(OC)cc(OC)c3F)cc2cn1. The standard InChI is InChI=1S/C55H58Cl2F2N10O9/c1-8-45(70)64-37-24-75-22-35(37)62-43-14-31-29(19-61-43)13-34(48-51(58)41(73-6)17-42(74-7)52(48)59)67-53(31)68-20-30(21-68)77-10-11-78-40-16-39(72-5)49(56)47(50(40)57)33-12-28-18-60-44(63-36-23-76-25-38(36)65-46(71)9-2)15-32(28)54(66-33)69-26-55(3,4)27-69/h8-9,12-19,30,35-38H,1-2,10-11,20-27H2,3-7H3,(H,60,63)(H,61,62)(H,64,70)(H,65,71)/t35-,36-,37+,38+/m1/s1. The van der Waals surface area contributed by atoms with Gasteiger partial charge in [0.25, 0.3) is 0 Å². The average Bonchev–Trinajstić information content (AvgIpc) is 4.17. The van der Waals surface area contributed by atoms with Gasteiger partial charge < -0.3 is 64.2 Å². The first-order valence-corrected chi connectivity index (χ1v) is 25.9. The van der Waals surface area contributed by atoms with Gasteiger partial charge in [0.05, 0.1) is 112 Å². The van der Waals surface area contributed by atoms with Crippen molar-refractivity contribution in [2.75, 3.05) is 108 Å². The van der Waals surface area contributed by atoms with Crippen LogP contribution in [-0.2, 0) is 23.8 Å². The number of fused-ring (bicyclic) bond motifs is 2. The third-order valence-corrected chi connectivity index (χ3v) is 14.8. The van der Waals surface area contributed by atoms with Crippen LogP contribution in [0.15, 0.2) is 74.1 Å². The number of ether oxygens (including phenoxy) is 7. The van der Waals surface area contributed by atoms with E-state index in [1.807, 2.05) is 17.0 Å². The fourth-order valence-corrected chi connectivity index (χ4v) is 10.8. The molecule has 4 aromatic heterocycles. The van der Waals surface area contributed by atoms with Crippen LogP contribution in [0.3, 0.4) is 0 Å². The topological polar surface area (TPSA) is 205 Å². The first-order valence-electron chi connectivity index (χ1n) is 25.2. The summed E-state index contributed by atoms with van der Waals surface area (Å²) in [7, 11) is 4.07. The van der Waals surface area contributed by atoms with Gasteiger partial charge in [-0.1, -0.05) is 50.2 Å². The highest BCUT2D eigenvalue weighted by atomic mass is 35.5. The van der Waals surface area contributed by atoms with E-state index in [1.54, 1.807) is 30.6 Å². The molecular weight excluding hydrogens is 1050 g/mol. The highest BCUT2D eigenvalue weighted by Crippen LogP contribution is 2.48. The van der Waals surface area contributed by atoms with Crippen molar-refractivity contribution in [2.24, 2.45) is 5.41 Å². The van der Waals surface area contributed by atoms with Crippen LogP contribution >= 0.6 is 23.2 Å². The van der Waals surface area contributed by atoms with Gasteiger partial charge in [-0.2, -0.15) is 0 Å². The Morgan fingerprint density at radius 2 is 1.15 bits per heavy atom. The summed E-state index contributed by atoms with van der Waals surface area (Å²) < 4.78 is 72.1. The minimum atomic E-state index is -0.943. The first kappa shape index (κ1) is 54.1. The molecule has 4 aliphatic heterocycles. The highest BCUT2D eigenvalue weighted by molar-refractivity contribution is 6.41. The van der Waals surface area contributed by atoms with Crippen LogP contribution in [0, 0.1) is 17.0 Å². The maximum absolute atomic E-state index is 16.0. The minimum absolute atomic E-state index is 0.00376. The van der Waals surface area contributed by atoms with Gasteiger partial charge in [0.15, 0.2) is 23.1 Å². The zero-order chi connectivity index (χ0) is 55.0. The molecule has 2 amide bonds. The Kier molecular flexibility index (Phi) is 15.7. The molecule has 0 saturated carbocycles. The Balaban J connectivity index is 0.871. The van der Waals surface area contributed by atoms with Gasteiger partial charge in [-0.05, 0) is 41.8 Å². The van der Waals surface area contributed by atoms with E-state index in [2.05, 4.69) is 58.2 Å². The van der Waals surface area contributed by atoms with Crippen LogP contribution in [-0.4, -0.2) is 149 Å². The molecule has 4 aliphatic rings. The number of hydrogen-bond donors (Lipinski definition) is 4. The second-order valence-corrected chi connectivity index (χ2v) is 20.8. The van der Waals surface area contributed by atoms with Gasteiger partial charge in [0.2, 0.25) is 11.8 Å². The van der Waals surface area contributed by atoms with E-state index in [4.69, 9.17) is 71.3 Å². The Hall–Kier alpha value is -7.30. The van der Waals surface area contributed by atoms with Gasteiger partial charge in [-0.3, -0.25) is 9.59 Å². The largest absolute Gasteiger partial charge is 0.495 e. The van der Waals surface area contributed by atoms with Crippen LogP contribution in [0.2, 0.25) is 10.0 Å². The van der Waals surface area contributed by atoms with Gasteiger partial charge >= 0.3 is 0 Å². The summed E-state index contributed by atoms with van der Waals surface area (Å²) in [6, 6.07) is 8.80. The monoisotopic (exact) mass is 1110 g/mol. The highest BCUT2D eigenvalue weighted by Gasteiger charge is 2.38. The number of methoxy groups -OCH3 is 3. The molecule has 8 heterocycles. The molecule has 4 saturated heterocycles. The van der Waals surface area contributed by atoms with Crippen LogP contribution in [0.4, 0.5) is 32.1 Å². The molecule has 0 bridgehead atoms. The van der Waals surface area contributed by atoms with Crippen molar-refractivity contribution in [3.8, 4) is 45.5 Å². The molecule has 4 N–H and O–H groups in total. The van der Waals surface area contributed by atoms with Gasteiger partial charge in [-0.25, -0.2) is 28.7 Å². The lowest BCUT2D eigenvalue weighted by Crippen LogP contribution is -2.53. The van der Waals surface area contributed by atoms with Crippen molar-refractivity contribution in [2.45, 2.75) is 44.1 Å². The average molecular weight is 1110 g/mol. The number of pyridine rings is 4. The van der Waals surface area contributed by atoms with Crippen LogP contribution in [0.1, 0.15) is 13.8 Å². The molecule has 4 fully saturated rings. The minimum Gasteiger partial charge on any atom is -0.495 e. The normalized spacial score (nSPS) is 19.7. The molecule has 10 rings (SSSR count). The maximum atomic E-state index is 16.0. The van der Waals surface area contributed by atoms with Crippen molar-refractivity contribution in [3.05, 3.63) is 95.8 Å². The second kappa shape index (κ2) is 22.6. The Bertz CT molecular complexity index is 3300. The van der Waals surface area contributed by atoms with E-state index in [0.717, 1.165) is 35.7 Å². The summed E-state index contributed by atoms with van der Waals surface area (Å²) in [5, 5.41) is 15.9. The van der Waals surface area contributed by atoms with E-state index in [9.17, 15) is 9.59 Å². The number of amides is 2. The summed E-state index contributed by atoms with van der Waals surface area (Å²) in [5.74, 6) is -0.0996. The molecule has 4 atom stereocenters. The van der Waals surface area contributed by atoms with Crippen LogP contribution in [0.5, 0.6) is 23.0 Å². The Morgan fingerprint density at radius 3 is 1.65 bits per heavy atom. The van der Waals surface area contributed by atoms with E-state index in [1.165, 1.54) is 33.5 Å². The number of aromatic nitrogens is 4. The summed E-state index contributed by atoms with van der Waals surface area (Å²) >= 11 is 14.3. The quantitative estimate of drug-likeness (QED) is 0.0429. The number of rotatable bonds is 20. The zero-order valence-corrected chi connectivity index (χ0v) is 45.0. The van der Waals surface area contributed by atoms with E-state index in [-0.39, 0.29) is 88.0 Å². The lowest BCUT2D eigenvalue weighted by molar-refractivity contribution is -0.118. The molecule has 0 spiro atoms. The third kappa shape index (κ3) is 10.9. The predicted molar refractivity (Wildman–Crippen MR) is 294 cm³/mol. The van der Waals surface area contributed by atoms with Crippen LogP contribution in [0.25, 0.3) is 44.1 Å². The number of carbonyl (C=O) groups excluding carboxylic acids is 2. The van der Waals surface area contributed by atoms with E-state index in [0.29, 0.717) is 90.5 Å². The smallest absolute Gasteiger partial charge is 0.243 e. The van der Waals surface area contributed by atoms with Gasteiger partial charge in [0.1, 0.15) is 41.4 Å². The fourth-order valence-electron chi connectivity index (χ4n) is 10.1. The van der Waals surface area contributed by atoms with Crippen molar-refractivity contribution in [3.63, 3.8) is 0 Å². The van der Waals surface area contributed by atoms with Crippen LogP contribution < -0.4 is 50.0 Å². The molecule has 6 aromatic rings. The number of nitrogens with zero attached hydrogens (tertiary/aromatic N) is 6. The maximum Gasteiger partial charge on any atom is 0.243 e. The summed E-state index contributed by atoms with van der Waals surface area (Å²) in [5.41, 5.74) is 0.534. The Morgan fingerprint density at radius 1 is 0.679 bits per heavy atom. The molecular formula is C55H58Cl2F2N10O9. The molecule has 410 valence electrons. The molecule has 19 nitrogen and oxygen atoms in total. The number of halogens is 4. The molecule has 78 heavy (non-hydrogen) atoms. The summed E-state index contributed by atoms with van der Waals surface area (Å²) in [6.07, 6.45) is 5.50. The van der Waals surface area contributed by atoms with Crippen molar-refractivity contribution in [1.82, 2.24) is 30.6 Å². The van der Waals surface area contributed by atoms with E-state index >= 15 is 8.78 Å². The Labute approximate surface area is 458 Å². The molecule has 2 aromatic carbocycles.